The van der Waals surface area contributed by atoms with E-state index in [9.17, 15) is 4.79 Å². The Bertz CT molecular complexity index is 627. The van der Waals surface area contributed by atoms with Crippen molar-refractivity contribution in [3.05, 3.63) is 39.3 Å². The Balaban J connectivity index is 1.70. The van der Waals surface area contributed by atoms with Gasteiger partial charge in [-0.2, -0.15) is 0 Å². The molecule has 0 unspecified atom stereocenters. The second kappa shape index (κ2) is 5.19. The summed E-state index contributed by atoms with van der Waals surface area (Å²) in [5.74, 6) is 0.861. The highest BCUT2D eigenvalue weighted by atomic mass is 35.5. The van der Waals surface area contributed by atoms with Crippen molar-refractivity contribution in [3.63, 3.8) is 0 Å². The van der Waals surface area contributed by atoms with Gasteiger partial charge in [-0.25, -0.2) is 4.98 Å². The Morgan fingerprint density at radius 1 is 1.42 bits per heavy atom. The summed E-state index contributed by atoms with van der Waals surface area (Å²) < 4.78 is 6.22. The number of carbonyl (C=O) groups excluding carboxylic acids is 1. The summed E-state index contributed by atoms with van der Waals surface area (Å²) in [6.07, 6.45) is 3.00. The number of fused-ring (bicyclic) bond motifs is 1. The van der Waals surface area contributed by atoms with Crippen molar-refractivity contribution in [3.8, 4) is 5.75 Å². The Hall–Kier alpha value is -1.59. The van der Waals surface area contributed by atoms with Gasteiger partial charge in [0.2, 0.25) is 5.91 Å². The van der Waals surface area contributed by atoms with Crippen LogP contribution in [0, 0.1) is 0 Å². The molecule has 1 amide bonds. The van der Waals surface area contributed by atoms with E-state index in [0.717, 1.165) is 28.3 Å². The van der Waals surface area contributed by atoms with Crippen LogP contribution in [-0.4, -0.2) is 10.9 Å². The number of amides is 1. The molecule has 0 bridgehead atoms. The van der Waals surface area contributed by atoms with Crippen molar-refractivity contribution >= 4 is 34.5 Å². The highest BCUT2D eigenvalue weighted by Gasteiger charge is 2.15. The van der Waals surface area contributed by atoms with Crippen LogP contribution in [0.25, 0.3) is 0 Å². The number of halogens is 1. The maximum atomic E-state index is 11.3. The number of thiazole rings is 1. The smallest absolute Gasteiger partial charge is 0.224 e. The number of ether oxygens (including phenoxy) is 1. The van der Waals surface area contributed by atoms with Gasteiger partial charge in [0.15, 0.2) is 4.47 Å². The summed E-state index contributed by atoms with van der Waals surface area (Å²) >= 11 is 7.17. The van der Waals surface area contributed by atoms with Crippen LogP contribution >= 0.6 is 22.9 Å². The van der Waals surface area contributed by atoms with Crippen LogP contribution in [0.2, 0.25) is 4.47 Å². The lowest BCUT2D eigenvalue weighted by Gasteiger charge is -2.17. The number of nitrogens with one attached hydrogen (secondary N) is 1. The second-order valence-corrected chi connectivity index (χ2v) is 5.93. The van der Waals surface area contributed by atoms with Gasteiger partial charge in [-0.1, -0.05) is 11.6 Å². The number of hydrogen-bond acceptors (Lipinski definition) is 4. The predicted molar refractivity (Wildman–Crippen MR) is 74.8 cm³/mol. The molecule has 1 aliphatic heterocycles. The molecule has 0 atom stereocenters. The van der Waals surface area contributed by atoms with Crippen LogP contribution < -0.4 is 10.1 Å². The molecule has 2 heterocycles. The third-order valence-electron chi connectivity index (χ3n) is 2.88. The van der Waals surface area contributed by atoms with E-state index < -0.39 is 0 Å². The molecule has 0 radical (unpaired) electrons. The number of anilines is 1. The normalized spacial score (nSPS) is 13.8. The van der Waals surface area contributed by atoms with Crippen LogP contribution in [0.1, 0.15) is 16.9 Å². The Kier molecular flexibility index (Phi) is 3.40. The highest BCUT2D eigenvalue weighted by Crippen LogP contribution is 2.27. The van der Waals surface area contributed by atoms with E-state index in [2.05, 4.69) is 10.3 Å². The van der Waals surface area contributed by atoms with Gasteiger partial charge in [0, 0.05) is 18.3 Å². The van der Waals surface area contributed by atoms with Crippen LogP contribution in [0.15, 0.2) is 24.4 Å². The standard InChI is InChI=1S/C13H11ClN2O2S/c14-13-15-6-10(19-13)7-18-9-2-3-11-8(5-9)1-4-12(17)16-11/h2-3,5-6H,1,4,7H2,(H,16,17). The first-order valence-electron chi connectivity index (χ1n) is 5.86. The number of benzene rings is 1. The van der Waals surface area contributed by atoms with Crippen LogP contribution in [-0.2, 0) is 17.8 Å². The summed E-state index contributed by atoms with van der Waals surface area (Å²) in [6.45, 7) is 0.454. The minimum Gasteiger partial charge on any atom is -0.488 e. The molecule has 2 aromatic rings. The molecule has 1 N–H and O–H groups in total. The van der Waals surface area contributed by atoms with Crippen molar-refractivity contribution in [2.75, 3.05) is 5.32 Å². The summed E-state index contributed by atoms with van der Waals surface area (Å²) in [5, 5.41) is 2.84. The fourth-order valence-electron chi connectivity index (χ4n) is 1.95. The minimum atomic E-state index is 0.0699. The predicted octanol–water partition coefficient (Wildman–Crippen LogP) is 3.26. The van der Waals surface area contributed by atoms with E-state index in [0.29, 0.717) is 17.5 Å². The van der Waals surface area contributed by atoms with Crippen LogP contribution in [0.5, 0.6) is 5.75 Å². The third-order valence-corrected chi connectivity index (χ3v) is 3.97. The van der Waals surface area contributed by atoms with Gasteiger partial charge in [-0.15, -0.1) is 11.3 Å². The lowest BCUT2D eigenvalue weighted by Crippen LogP contribution is -2.18. The van der Waals surface area contributed by atoms with E-state index in [1.165, 1.54) is 11.3 Å². The highest BCUT2D eigenvalue weighted by molar-refractivity contribution is 7.15. The monoisotopic (exact) mass is 294 g/mol. The molecule has 1 aliphatic rings. The molecule has 1 aromatic heterocycles. The van der Waals surface area contributed by atoms with Gasteiger partial charge in [0.25, 0.3) is 0 Å². The van der Waals surface area contributed by atoms with Crippen LogP contribution in [0.3, 0.4) is 0 Å². The summed E-state index contributed by atoms with van der Waals surface area (Å²) in [6, 6.07) is 5.70. The first-order chi connectivity index (χ1) is 9.20. The lowest BCUT2D eigenvalue weighted by atomic mass is 10.0. The maximum Gasteiger partial charge on any atom is 0.224 e. The number of hydrogen-bond donors (Lipinski definition) is 1. The largest absolute Gasteiger partial charge is 0.488 e. The lowest BCUT2D eigenvalue weighted by molar-refractivity contribution is -0.116. The van der Waals surface area contributed by atoms with Gasteiger partial charge in [-0.05, 0) is 30.2 Å². The SMILES string of the molecule is O=C1CCc2cc(OCc3cnc(Cl)s3)ccc2N1. The summed E-state index contributed by atoms with van der Waals surface area (Å²) in [4.78, 5) is 16.2. The van der Waals surface area contributed by atoms with Crippen molar-refractivity contribution in [1.82, 2.24) is 4.98 Å². The first kappa shape index (κ1) is 12.4. The maximum absolute atomic E-state index is 11.3. The number of carbonyl (C=O) groups is 1. The fourth-order valence-corrected chi connectivity index (χ4v) is 2.85. The van der Waals surface area contributed by atoms with Gasteiger partial charge < -0.3 is 10.1 Å². The van der Waals surface area contributed by atoms with Gasteiger partial charge in [0.05, 0.1) is 4.88 Å². The van der Waals surface area contributed by atoms with Gasteiger partial charge in [0.1, 0.15) is 12.4 Å². The molecule has 0 saturated carbocycles. The molecule has 3 rings (SSSR count). The molecule has 0 saturated heterocycles. The van der Waals surface area contributed by atoms with E-state index in [4.69, 9.17) is 16.3 Å². The van der Waals surface area contributed by atoms with Crippen molar-refractivity contribution in [2.45, 2.75) is 19.4 Å². The number of aryl methyl sites for hydroxylation is 1. The van der Waals surface area contributed by atoms with E-state index in [1.54, 1.807) is 6.20 Å². The molecule has 1 aromatic carbocycles. The quantitative estimate of drug-likeness (QED) is 0.945. The average molecular weight is 295 g/mol. The summed E-state index contributed by atoms with van der Waals surface area (Å²) in [5.41, 5.74) is 1.99. The van der Waals surface area contributed by atoms with Crippen molar-refractivity contribution in [1.29, 1.82) is 0 Å². The molecule has 6 heteroatoms. The number of aromatic nitrogens is 1. The molecular formula is C13H11ClN2O2S. The van der Waals surface area contributed by atoms with Crippen molar-refractivity contribution in [2.24, 2.45) is 0 Å². The third kappa shape index (κ3) is 2.88. The molecule has 0 fully saturated rings. The van der Waals surface area contributed by atoms with Crippen molar-refractivity contribution < 1.29 is 9.53 Å². The van der Waals surface area contributed by atoms with Crippen LogP contribution in [0.4, 0.5) is 5.69 Å². The number of nitrogens with zero attached hydrogens (tertiary/aromatic N) is 1. The fraction of sp³-hybridized carbons (Fsp3) is 0.231. The average Bonchev–Trinajstić information content (AvgIpc) is 2.82. The summed E-state index contributed by atoms with van der Waals surface area (Å²) in [7, 11) is 0. The Morgan fingerprint density at radius 3 is 3.11 bits per heavy atom. The minimum absolute atomic E-state index is 0.0699. The molecule has 19 heavy (non-hydrogen) atoms. The molecule has 0 spiro atoms. The Labute approximate surface area is 119 Å². The molecular weight excluding hydrogens is 284 g/mol. The van der Waals surface area contributed by atoms with Gasteiger partial charge >= 0.3 is 0 Å². The topological polar surface area (TPSA) is 51.2 Å². The van der Waals surface area contributed by atoms with E-state index >= 15 is 0 Å². The zero-order valence-electron chi connectivity index (χ0n) is 9.98. The molecule has 98 valence electrons. The molecule has 4 nitrogen and oxygen atoms in total. The first-order valence-corrected chi connectivity index (χ1v) is 7.06. The van der Waals surface area contributed by atoms with Gasteiger partial charge in [-0.3, -0.25) is 4.79 Å². The number of rotatable bonds is 3. The second-order valence-electron chi connectivity index (χ2n) is 4.24. The van der Waals surface area contributed by atoms with E-state index in [-0.39, 0.29) is 5.91 Å². The molecule has 0 aliphatic carbocycles. The van der Waals surface area contributed by atoms with E-state index in [1.807, 2.05) is 18.2 Å². The Morgan fingerprint density at radius 2 is 2.32 bits per heavy atom. The zero-order valence-corrected chi connectivity index (χ0v) is 11.6. The zero-order chi connectivity index (χ0) is 13.2.